The number of anilines is 1. The summed E-state index contributed by atoms with van der Waals surface area (Å²) in [5.74, 6) is 0.840. The topological polar surface area (TPSA) is 82.4 Å². The number of nitrogens with zero attached hydrogens (tertiary/aromatic N) is 2. The first-order valence-corrected chi connectivity index (χ1v) is 6.74. The zero-order valence-corrected chi connectivity index (χ0v) is 13.0. The molecule has 0 atom stereocenters. The molecule has 1 aromatic rings. The summed E-state index contributed by atoms with van der Waals surface area (Å²) in [6.45, 7) is -0.436. The number of rotatable bonds is 6. The van der Waals surface area contributed by atoms with Crippen molar-refractivity contribution in [2.45, 2.75) is 0 Å². The van der Waals surface area contributed by atoms with Gasteiger partial charge in [-0.3, -0.25) is 4.79 Å². The van der Waals surface area contributed by atoms with E-state index < -0.39 is 18.5 Å². The summed E-state index contributed by atoms with van der Waals surface area (Å²) in [5.41, 5.74) is 1.49. The lowest BCUT2D eigenvalue weighted by Crippen LogP contribution is -2.29. The van der Waals surface area contributed by atoms with Crippen LogP contribution in [0.3, 0.4) is 0 Å². The average molecular weight is 311 g/mol. The fraction of sp³-hybridized carbons (Fsp3) is 0.235. The van der Waals surface area contributed by atoms with E-state index in [1.807, 2.05) is 31.1 Å². The first-order chi connectivity index (χ1) is 11.0. The highest BCUT2D eigenvalue weighted by Gasteiger charge is 2.12. The molecular weight excluding hydrogens is 294 g/mol. The van der Waals surface area contributed by atoms with Crippen LogP contribution in [0.5, 0.6) is 0 Å². The third kappa shape index (κ3) is 5.94. The Morgan fingerprint density at radius 3 is 2.52 bits per heavy atom. The standard InChI is InChI=1S/C17H17N3O3/c1-4-9-19-16(21)12-23-17(22)14(11-18)10-13-5-7-15(8-6-13)20(2)3/h1,5-8,10H,9,12H2,2-3H3,(H,19,21)/b14-10+. The number of terminal acetylenes is 1. The summed E-state index contributed by atoms with van der Waals surface area (Å²) in [6.07, 6.45) is 6.39. The fourth-order valence-electron chi connectivity index (χ4n) is 1.58. The van der Waals surface area contributed by atoms with Gasteiger partial charge in [0, 0.05) is 19.8 Å². The van der Waals surface area contributed by atoms with Gasteiger partial charge in [0.25, 0.3) is 5.91 Å². The summed E-state index contributed by atoms with van der Waals surface area (Å²) in [5, 5.41) is 11.4. The van der Waals surface area contributed by atoms with Crippen molar-refractivity contribution < 1.29 is 14.3 Å². The maximum atomic E-state index is 11.8. The number of esters is 1. The Labute approximate surface area is 135 Å². The molecule has 0 unspecified atom stereocenters. The maximum Gasteiger partial charge on any atom is 0.349 e. The molecule has 0 aromatic heterocycles. The lowest BCUT2D eigenvalue weighted by Gasteiger charge is -2.11. The van der Waals surface area contributed by atoms with E-state index in [4.69, 9.17) is 16.4 Å². The highest BCUT2D eigenvalue weighted by molar-refractivity contribution is 5.98. The number of hydrogen-bond acceptors (Lipinski definition) is 5. The van der Waals surface area contributed by atoms with Gasteiger partial charge in [0.05, 0.1) is 6.54 Å². The molecule has 23 heavy (non-hydrogen) atoms. The van der Waals surface area contributed by atoms with Crippen LogP contribution in [0.4, 0.5) is 5.69 Å². The molecule has 1 rings (SSSR count). The number of carbonyl (C=O) groups excluding carboxylic acids is 2. The second-order valence-electron chi connectivity index (χ2n) is 4.71. The van der Waals surface area contributed by atoms with Crippen molar-refractivity contribution in [2.75, 3.05) is 32.1 Å². The molecule has 118 valence electrons. The number of amides is 1. The van der Waals surface area contributed by atoms with E-state index in [2.05, 4.69) is 11.2 Å². The Morgan fingerprint density at radius 1 is 1.35 bits per heavy atom. The minimum Gasteiger partial charge on any atom is -0.451 e. The molecule has 6 nitrogen and oxygen atoms in total. The first kappa shape index (κ1) is 17.8. The second-order valence-corrected chi connectivity index (χ2v) is 4.71. The summed E-state index contributed by atoms with van der Waals surface area (Å²) < 4.78 is 4.77. The van der Waals surface area contributed by atoms with E-state index in [0.717, 1.165) is 5.69 Å². The molecule has 1 aromatic carbocycles. The van der Waals surface area contributed by atoms with Crippen LogP contribution in [0.1, 0.15) is 5.56 Å². The second kappa shape index (κ2) is 8.91. The maximum absolute atomic E-state index is 11.8. The highest BCUT2D eigenvalue weighted by Crippen LogP contribution is 2.15. The zero-order valence-electron chi connectivity index (χ0n) is 13.0. The molecule has 0 saturated heterocycles. The van der Waals surface area contributed by atoms with E-state index in [1.54, 1.807) is 18.2 Å². The van der Waals surface area contributed by atoms with Crippen molar-refractivity contribution >= 4 is 23.6 Å². The number of nitrogens with one attached hydrogen (secondary N) is 1. The molecule has 0 aliphatic carbocycles. The van der Waals surface area contributed by atoms with Gasteiger partial charge < -0.3 is 15.0 Å². The van der Waals surface area contributed by atoms with E-state index in [9.17, 15) is 9.59 Å². The predicted molar refractivity (Wildman–Crippen MR) is 87.2 cm³/mol. The van der Waals surface area contributed by atoms with Crippen molar-refractivity contribution in [3.8, 4) is 18.4 Å². The van der Waals surface area contributed by atoms with Crippen LogP contribution in [0.15, 0.2) is 29.8 Å². The lowest BCUT2D eigenvalue weighted by molar-refractivity contribution is -0.144. The lowest BCUT2D eigenvalue weighted by atomic mass is 10.1. The normalized spacial score (nSPS) is 10.2. The summed E-state index contributed by atoms with van der Waals surface area (Å²) in [4.78, 5) is 25.0. The molecule has 0 heterocycles. The van der Waals surface area contributed by atoms with Crippen LogP contribution in [0, 0.1) is 23.7 Å². The molecule has 0 fully saturated rings. The Balaban J connectivity index is 2.71. The predicted octanol–water partition coefficient (Wildman–Crippen LogP) is 0.952. The van der Waals surface area contributed by atoms with Gasteiger partial charge in [-0.15, -0.1) is 6.42 Å². The van der Waals surface area contributed by atoms with Crippen LogP contribution in [-0.4, -0.2) is 39.1 Å². The Kier molecular flexibility index (Phi) is 6.90. The third-order valence-electron chi connectivity index (χ3n) is 2.78. The number of ether oxygens (including phenoxy) is 1. The van der Waals surface area contributed by atoms with Crippen LogP contribution >= 0.6 is 0 Å². The number of nitriles is 1. The SMILES string of the molecule is C#CCNC(=O)COC(=O)/C(C#N)=C/c1ccc(N(C)C)cc1. The zero-order chi connectivity index (χ0) is 17.2. The fourth-order valence-corrected chi connectivity index (χ4v) is 1.58. The summed E-state index contributed by atoms with van der Waals surface area (Å²) >= 11 is 0. The van der Waals surface area contributed by atoms with Gasteiger partial charge in [-0.1, -0.05) is 18.1 Å². The molecule has 6 heteroatoms. The molecule has 0 radical (unpaired) electrons. The minimum atomic E-state index is -0.861. The molecule has 0 aliphatic rings. The average Bonchev–Trinajstić information content (AvgIpc) is 2.55. The van der Waals surface area contributed by atoms with Crippen LogP contribution < -0.4 is 10.2 Å². The summed E-state index contributed by atoms with van der Waals surface area (Å²) in [6, 6.07) is 9.04. The van der Waals surface area contributed by atoms with Crippen molar-refractivity contribution in [1.29, 1.82) is 5.26 Å². The first-order valence-electron chi connectivity index (χ1n) is 6.74. The van der Waals surface area contributed by atoms with Crippen molar-refractivity contribution in [2.24, 2.45) is 0 Å². The van der Waals surface area contributed by atoms with E-state index in [1.165, 1.54) is 6.08 Å². The Morgan fingerprint density at radius 2 is 2.00 bits per heavy atom. The molecule has 1 amide bonds. The monoisotopic (exact) mass is 311 g/mol. The quantitative estimate of drug-likeness (QED) is 0.366. The molecule has 0 spiro atoms. The molecule has 0 saturated carbocycles. The van der Waals surface area contributed by atoms with Crippen LogP contribution in [0.2, 0.25) is 0 Å². The molecular formula is C17H17N3O3. The Bertz CT molecular complexity index is 677. The van der Waals surface area contributed by atoms with Gasteiger partial charge in [-0.05, 0) is 23.8 Å². The van der Waals surface area contributed by atoms with Crippen LogP contribution in [-0.2, 0) is 14.3 Å². The van der Waals surface area contributed by atoms with Gasteiger partial charge in [-0.25, -0.2) is 4.79 Å². The van der Waals surface area contributed by atoms with Crippen molar-refractivity contribution in [3.63, 3.8) is 0 Å². The van der Waals surface area contributed by atoms with E-state index >= 15 is 0 Å². The number of benzene rings is 1. The Hall–Kier alpha value is -3.25. The molecule has 0 bridgehead atoms. The largest absolute Gasteiger partial charge is 0.451 e. The molecule has 1 N–H and O–H groups in total. The van der Waals surface area contributed by atoms with Gasteiger partial charge in [0.2, 0.25) is 0 Å². The summed E-state index contributed by atoms with van der Waals surface area (Å²) in [7, 11) is 3.82. The third-order valence-corrected chi connectivity index (χ3v) is 2.78. The van der Waals surface area contributed by atoms with Gasteiger partial charge in [0.15, 0.2) is 6.61 Å². The van der Waals surface area contributed by atoms with Crippen molar-refractivity contribution in [1.82, 2.24) is 5.32 Å². The smallest absolute Gasteiger partial charge is 0.349 e. The van der Waals surface area contributed by atoms with Gasteiger partial charge in [0.1, 0.15) is 11.6 Å². The van der Waals surface area contributed by atoms with Gasteiger partial charge >= 0.3 is 5.97 Å². The molecule has 0 aliphatic heterocycles. The van der Waals surface area contributed by atoms with Crippen LogP contribution in [0.25, 0.3) is 6.08 Å². The highest BCUT2D eigenvalue weighted by atomic mass is 16.5. The van der Waals surface area contributed by atoms with Gasteiger partial charge in [-0.2, -0.15) is 5.26 Å². The van der Waals surface area contributed by atoms with E-state index in [0.29, 0.717) is 5.56 Å². The number of hydrogen-bond donors (Lipinski definition) is 1. The van der Waals surface area contributed by atoms with E-state index in [-0.39, 0.29) is 12.1 Å². The minimum absolute atomic E-state index is 0.0511. The number of carbonyl (C=O) groups is 2. The van der Waals surface area contributed by atoms with Crippen molar-refractivity contribution in [3.05, 3.63) is 35.4 Å².